The third-order valence-corrected chi connectivity index (χ3v) is 0. The van der Waals surface area contributed by atoms with Gasteiger partial charge in [-0.3, -0.25) is 0 Å². The first-order valence-electron chi connectivity index (χ1n) is 0.716. The number of rotatable bonds is 0. The van der Waals surface area contributed by atoms with Gasteiger partial charge in [-0.1, -0.05) is 0 Å². The minimum atomic E-state index is -1.33. The average Bonchev–Trinajstić information content (AvgIpc) is 0.811. The molecule has 1 amide bonds. The van der Waals surface area contributed by atoms with E-state index in [1.807, 2.05) is 0 Å². The summed E-state index contributed by atoms with van der Waals surface area (Å²) in [4.78, 5) is 8.78. The molecule has 3 N–H and O–H groups in total. The maximum absolute atomic E-state index is 8.78. The second kappa shape index (κ2) is 4.84. The summed E-state index contributed by atoms with van der Waals surface area (Å²) < 4.78 is 0. The molecule has 0 saturated heterocycles. The van der Waals surface area contributed by atoms with Crippen LogP contribution in [0, 0.1) is 0 Å². The van der Waals surface area contributed by atoms with E-state index < -0.39 is 6.09 Å². The Hall–Kier alpha value is 0.841. The first kappa shape index (κ1) is 9.28. The SMILES string of the molecule is NC(=O)O.[Ba+2].[H-].[H-]. The van der Waals surface area contributed by atoms with E-state index in [0.717, 1.165) is 0 Å². The number of nitrogens with two attached hydrogens (primary N) is 1. The molecular weight excluding hydrogens is 195 g/mol. The summed E-state index contributed by atoms with van der Waals surface area (Å²) in [5.41, 5.74) is 4.03. The summed E-state index contributed by atoms with van der Waals surface area (Å²) in [6.45, 7) is 0. The summed E-state index contributed by atoms with van der Waals surface area (Å²) >= 11 is 0. The van der Waals surface area contributed by atoms with Gasteiger partial charge in [-0.25, -0.2) is 4.79 Å². The van der Waals surface area contributed by atoms with Crippen molar-refractivity contribution in [2.24, 2.45) is 5.73 Å². The van der Waals surface area contributed by atoms with Gasteiger partial charge in [0.1, 0.15) is 0 Å². The Morgan fingerprint density at radius 1 is 2.00 bits per heavy atom. The van der Waals surface area contributed by atoms with E-state index in [0.29, 0.717) is 0 Å². The molecule has 4 heteroatoms. The smallest absolute Gasteiger partial charge is 1.00 e. The Balaban J connectivity index is -0.0000000150. The molecule has 0 aromatic carbocycles. The molecule has 0 aliphatic heterocycles. The Labute approximate surface area is 72.6 Å². The van der Waals surface area contributed by atoms with E-state index in [1.54, 1.807) is 0 Å². The predicted molar refractivity (Wildman–Crippen MR) is 20.2 cm³/mol. The van der Waals surface area contributed by atoms with Gasteiger partial charge < -0.3 is 13.7 Å². The Morgan fingerprint density at radius 2 is 2.00 bits per heavy atom. The van der Waals surface area contributed by atoms with Crippen LogP contribution in [-0.2, 0) is 0 Å². The van der Waals surface area contributed by atoms with Crippen molar-refractivity contribution in [1.29, 1.82) is 0 Å². The van der Waals surface area contributed by atoms with Crippen LogP contribution in [0.25, 0.3) is 0 Å². The Morgan fingerprint density at radius 3 is 2.00 bits per heavy atom. The molecule has 5 heavy (non-hydrogen) atoms. The summed E-state index contributed by atoms with van der Waals surface area (Å²) in [7, 11) is 0. The molecule has 0 unspecified atom stereocenters. The molecule has 0 rings (SSSR count). The zero-order chi connectivity index (χ0) is 3.58. The van der Waals surface area contributed by atoms with E-state index in [1.165, 1.54) is 0 Å². The van der Waals surface area contributed by atoms with Crippen LogP contribution < -0.4 is 5.73 Å². The van der Waals surface area contributed by atoms with E-state index in [4.69, 9.17) is 9.90 Å². The number of hydrogen-bond donors (Lipinski definition) is 2. The van der Waals surface area contributed by atoms with Gasteiger partial charge >= 0.3 is 55.0 Å². The van der Waals surface area contributed by atoms with Crippen LogP contribution in [0.2, 0.25) is 0 Å². The number of amides is 1. The predicted octanol–water partition coefficient (Wildman–Crippen LogP) is -0.533. The molecule has 0 aliphatic carbocycles. The van der Waals surface area contributed by atoms with Crippen molar-refractivity contribution >= 4 is 55.0 Å². The van der Waals surface area contributed by atoms with Crippen LogP contribution in [0.3, 0.4) is 0 Å². The molecule has 0 aromatic rings. The van der Waals surface area contributed by atoms with Crippen molar-refractivity contribution in [3.05, 3.63) is 0 Å². The van der Waals surface area contributed by atoms with Crippen LogP contribution >= 0.6 is 0 Å². The van der Waals surface area contributed by atoms with E-state index in [9.17, 15) is 0 Å². The van der Waals surface area contributed by atoms with Gasteiger partial charge in [-0.05, 0) is 0 Å². The molecule has 0 fully saturated rings. The first-order valence-corrected chi connectivity index (χ1v) is 0.716. The fraction of sp³-hybridized carbons (Fsp3) is 0. The van der Waals surface area contributed by atoms with E-state index in [2.05, 4.69) is 5.73 Å². The molecule has 28 valence electrons. The fourth-order valence-electron chi connectivity index (χ4n) is 0. The first-order chi connectivity index (χ1) is 1.73. The second-order valence-electron chi connectivity index (χ2n) is 0.338. The normalized spacial score (nSPS) is 4.80. The largest absolute Gasteiger partial charge is 2.00 e. The number of primary amides is 1. The molecule has 0 atom stereocenters. The Kier molecular flexibility index (Phi) is 8.98. The molecule has 0 aliphatic rings. The molecule has 0 spiro atoms. The van der Waals surface area contributed by atoms with Crippen molar-refractivity contribution in [3.63, 3.8) is 0 Å². The summed E-state index contributed by atoms with van der Waals surface area (Å²) in [6, 6.07) is 0. The van der Waals surface area contributed by atoms with Crippen molar-refractivity contribution < 1.29 is 12.8 Å². The third-order valence-electron chi connectivity index (χ3n) is 0. The molecule has 0 aromatic heterocycles. The molecular formula is CH5BaNO2. The average molecular weight is 200 g/mol. The summed E-state index contributed by atoms with van der Waals surface area (Å²) in [6.07, 6.45) is -1.33. The third kappa shape index (κ3) is 55.2. The van der Waals surface area contributed by atoms with Gasteiger partial charge in [-0.2, -0.15) is 0 Å². The number of carbonyl (C=O) groups is 1. The van der Waals surface area contributed by atoms with Crippen molar-refractivity contribution in [2.75, 3.05) is 0 Å². The zero-order valence-corrected chi connectivity index (χ0v) is 7.08. The second-order valence-corrected chi connectivity index (χ2v) is 0.338. The van der Waals surface area contributed by atoms with Crippen LogP contribution in [0.5, 0.6) is 0 Å². The fourth-order valence-corrected chi connectivity index (χ4v) is 0. The van der Waals surface area contributed by atoms with Gasteiger partial charge in [-0.15, -0.1) is 0 Å². The van der Waals surface area contributed by atoms with Gasteiger partial charge in [0.05, 0.1) is 0 Å². The standard InChI is InChI=1S/CH3NO2.Ba.2H/c2-1(3)4;;;/h2H2,(H,3,4);;;/q;+2;2*-1. The van der Waals surface area contributed by atoms with Crippen LogP contribution in [0.1, 0.15) is 2.85 Å². The van der Waals surface area contributed by atoms with Crippen LogP contribution in [-0.4, -0.2) is 60.1 Å². The number of hydrogen-bond acceptors (Lipinski definition) is 1. The topological polar surface area (TPSA) is 63.3 Å². The molecule has 3 nitrogen and oxygen atoms in total. The van der Waals surface area contributed by atoms with Crippen LogP contribution in [0.4, 0.5) is 4.79 Å². The summed E-state index contributed by atoms with van der Waals surface area (Å²) in [5, 5.41) is 7.19. The quantitative estimate of drug-likeness (QED) is 0.516. The summed E-state index contributed by atoms with van der Waals surface area (Å²) in [5.74, 6) is 0. The zero-order valence-electron chi connectivity index (χ0n) is 4.64. The maximum atomic E-state index is 8.78. The van der Waals surface area contributed by atoms with Crippen molar-refractivity contribution in [2.45, 2.75) is 0 Å². The van der Waals surface area contributed by atoms with Crippen LogP contribution in [0.15, 0.2) is 0 Å². The Bertz CT molecular complexity index is 38.7. The van der Waals surface area contributed by atoms with Crippen molar-refractivity contribution in [1.82, 2.24) is 0 Å². The maximum Gasteiger partial charge on any atom is 2.00 e. The monoisotopic (exact) mass is 201 g/mol. The van der Waals surface area contributed by atoms with Gasteiger partial charge in [0.2, 0.25) is 0 Å². The van der Waals surface area contributed by atoms with Crippen molar-refractivity contribution in [3.8, 4) is 0 Å². The minimum Gasteiger partial charge on any atom is -1.00 e. The van der Waals surface area contributed by atoms with Gasteiger partial charge in [0, 0.05) is 0 Å². The van der Waals surface area contributed by atoms with Gasteiger partial charge in [0.25, 0.3) is 0 Å². The van der Waals surface area contributed by atoms with E-state index >= 15 is 0 Å². The van der Waals surface area contributed by atoms with Gasteiger partial charge in [0.15, 0.2) is 0 Å². The minimum absolute atomic E-state index is 0. The molecule has 0 saturated carbocycles. The number of carboxylic acid groups (broad SMARTS) is 1. The molecule has 0 heterocycles. The molecule has 0 radical (unpaired) electrons. The van der Waals surface area contributed by atoms with E-state index in [-0.39, 0.29) is 51.7 Å². The molecule has 0 bridgehead atoms.